The van der Waals surface area contributed by atoms with Crippen LogP contribution in [-0.2, 0) is 11.3 Å². The van der Waals surface area contributed by atoms with Crippen molar-refractivity contribution in [2.45, 2.75) is 51.8 Å². The first-order valence-electron chi connectivity index (χ1n) is 6.98. The van der Waals surface area contributed by atoms with E-state index in [0.717, 1.165) is 25.1 Å². The molecule has 0 saturated carbocycles. The van der Waals surface area contributed by atoms with Crippen molar-refractivity contribution in [3.63, 3.8) is 0 Å². The number of nitrogens with two attached hydrogens (primary N) is 1. The SMILES string of the molecule is CC(C)(C)OC(=O)N1CCC[C@H](n2cc(CN)nn2)C1. The summed E-state index contributed by atoms with van der Waals surface area (Å²) in [5.74, 6) is 0. The highest BCUT2D eigenvalue weighted by atomic mass is 16.6. The molecule has 112 valence electrons. The molecule has 7 nitrogen and oxygen atoms in total. The van der Waals surface area contributed by atoms with E-state index in [1.54, 1.807) is 9.58 Å². The topological polar surface area (TPSA) is 86.3 Å². The summed E-state index contributed by atoms with van der Waals surface area (Å²) in [6.07, 6.45) is 3.50. The van der Waals surface area contributed by atoms with Gasteiger partial charge in [-0.05, 0) is 33.6 Å². The maximum Gasteiger partial charge on any atom is 0.410 e. The van der Waals surface area contributed by atoms with E-state index in [2.05, 4.69) is 10.3 Å². The number of carbonyl (C=O) groups is 1. The van der Waals surface area contributed by atoms with Gasteiger partial charge < -0.3 is 15.4 Å². The molecule has 0 bridgehead atoms. The highest BCUT2D eigenvalue weighted by molar-refractivity contribution is 5.68. The minimum atomic E-state index is -0.468. The first-order chi connectivity index (χ1) is 9.39. The molecule has 20 heavy (non-hydrogen) atoms. The Hall–Kier alpha value is -1.63. The van der Waals surface area contributed by atoms with Gasteiger partial charge in [0.25, 0.3) is 0 Å². The predicted octanol–water partition coefficient (Wildman–Crippen LogP) is 1.31. The van der Waals surface area contributed by atoms with Gasteiger partial charge in [0.2, 0.25) is 0 Å². The standard InChI is InChI=1S/C13H23N5O2/c1-13(2,3)20-12(19)17-6-4-5-11(9-17)18-8-10(7-14)15-16-18/h8,11H,4-7,9,14H2,1-3H3/t11-/m0/s1. The minimum absolute atomic E-state index is 0.143. The summed E-state index contributed by atoms with van der Waals surface area (Å²) in [7, 11) is 0. The van der Waals surface area contributed by atoms with Gasteiger partial charge in [0.1, 0.15) is 5.60 Å². The van der Waals surface area contributed by atoms with Crippen molar-refractivity contribution in [2.75, 3.05) is 13.1 Å². The molecule has 2 heterocycles. The third kappa shape index (κ3) is 3.69. The number of likely N-dealkylation sites (tertiary alicyclic amines) is 1. The highest BCUT2D eigenvalue weighted by Gasteiger charge is 2.28. The molecule has 0 unspecified atom stereocenters. The van der Waals surface area contributed by atoms with Crippen molar-refractivity contribution in [1.29, 1.82) is 0 Å². The predicted molar refractivity (Wildman–Crippen MR) is 74.0 cm³/mol. The van der Waals surface area contributed by atoms with Crippen LogP contribution in [0.5, 0.6) is 0 Å². The molecule has 1 atom stereocenters. The second-order valence-electron chi connectivity index (χ2n) is 6.12. The fourth-order valence-corrected chi connectivity index (χ4v) is 2.25. The van der Waals surface area contributed by atoms with Gasteiger partial charge in [0, 0.05) is 19.6 Å². The first-order valence-corrected chi connectivity index (χ1v) is 6.98. The van der Waals surface area contributed by atoms with Crippen LogP contribution in [0.3, 0.4) is 0 Å². The number of hydrogen-bond donors (Lipinski definition) is 1. The summed E-state index contributed by atoms with van der Waals surface area (Å²) < 4.78 is 7.21. The van der Waals surface area contributed by atoms with Gasteiger partial charge in [0.15, 0.2) is 0 Å². The van der Waals surface area contributed by atoms with Gasteiger partial charge in [-0.25, -0.2) is 9.48 Å². The van der Waals surface area contributed by atoms with Crippen LogP contribution in [0, 0.1) is 0 Å². The van der Waals surface area contributed by atoms with E-state index in [0.29, 0.717) is 13.1 Å². The average Bonchev–Trinajstić information content (AvgIpc) is 2.85. The maximum atomic E-state index is 12.1. The largest absolute Gasteiger partial charge is 0.444 e. The summed E-state index contributed by atoms with van der Waals surface area (Å²) >= 11 is 0. The third-order valence-electron chi connectivity index (χ3n) is 3.19. The molecule has 1 amide bonds. The summed E-state index contributed by atoms with van der Waals surface area (Å²) in [6.45, 7) is 7.32. The van der Waals surface area contributed by atoms with E-state index >= 15 is 0 Å². The number of carbonyl (C=O) groups excluding carboxylic acids is 1. The quantitative estimate of drug-likeness (QED) is 0.883. The molecule has 1 saturated heterocycles. The van der Waals surface area contributed by atoms with E-state index in [1.807, 2.05) is 27.0 Å². The summed E-state index contributed by atoms with van der Waals surface area (Å²) in [6, 6.07) is 0.143. The molecule has 0 aliphatic carbocycles. The lowest BCUT2D eigenvalue weighted by atomic mass is 10.1. The Morgan fingerprint density at radius 3 is 2.90 bits per heavy atom. The van der Waals surface area contributed by atoms with Crippen LogP contribution in [0.2, 0.25) is 0 Å². The van der Waals surface area contributed by atoms with E-state index in [-0.39, 0.29) is 12.1 Å². The van der Waals surface area contributed by atoms with Crippen LogP contribution in [0.15, 0.2) is 6.20 Å². The van der Waals surface area contributed by atoms with Gasteiger partial charge in [-0.15, -0.1) is 5.10 Å². The Balaban J connectivity index is 1.99. The van der Waals surface area contributed by atoms with Crippen LogP contribution in [0.1, 0.15) is 45.3 Å². The number of hydrogen-bond acceptors (Lipinski definition) is 5. The zero-order valence-corrected chi connectivity index (χ0v) is 12.4. The molecule has 1 fully saturated rings. The van der Waals surface area contributed by atoms with E-state index in [4.69, 9.17) is 10.5 Å². The number of ether oxygens (including phenoxy) is 1. The van der Waals surface area contributed by atoms with E-state index in [9.17, 15) is 4.79 Å². The van der Waals surface area contributed by atoms with Crippen molar-refractivity contribution in [1.82, 2.24) is 19.9 Å². The number of piperidine rings is 1. The zero-order valence-electron chi connectivity index (χ0n) is 12.4. The molecular weight excluding hydrogens is 258 g/mol. The second-order valence-corrected chi connectivity index (χ2v) is 6.12. The van der Waals surface area contributed by atoms with Crippen LogP contribution in [-0.4, -0.2) is 44.7 Å². The Bertz CT molecular complexity index is 466. The van der Waals surface area contributed by atoms with Crippen molar-refractivity contribution in [3.8, 4) is 0 Å². The van der Waals surface area contributed by atoms with Gasteiger partial charge in [-0.3, -0.25) is 0 Å². The van der Waals surface area contributed by atoms with Crippen LogP contribution in [0.25, 0.3) is 0 Å². The molecule has 1 aliphatic heterocycles. The number of rotatable bonds is 2. The highest BCUT2D eigenvalue weighted by Crippen LogP contribution is 2.22. The van der Waals surface area contributed by atoms with Gasteiger partial charge >= 0.3 is 6.09 Å². The van der Waals surface area contributed by atoms with Crippen LogP contribution < -0.4 is 5.73 Å². The molecule has 1 aromatic heterocycles. The van der Waals surface area contributed by atoms with Crippen molar-refractivity contribution < 1.29 is 9.53 Å². The number of amides is 1. The lowest BCUT2D eigenvalue weighted by Crippen LogP contribution is -2.43. The molecule has 1 aliphatic rings. The van der Waals surface area contributed by atoms with Crippen LogP contribution in [0.4, 0.5) is 4.79 Å². The maximum absolute atomic E-state index is 12.1. The Morgan fingerprint density at radius 2 is 2.30 bits per heavy atom. The molecule has 1 aromatic rings. The van der Waals surface area contributed by atoms with Gasteiger partial charge in [0.05, 0.1) is 17.9 Å². The number of nitrogens with zero attached hydrogens (tertiary/aromatic N) is 4. The number of aromatic nitrogens is 3. The normalized spacial score (nSPS) is 20.0. The van der Waals surface area contributed by atoms with Crippen LogP contribution >= 0.6 is 0 Å². The van der Waals surface area contributed by atoms with Crippen molar-refractivity contribution in [2.24, 2.45) is 5.73 Å². The fraction of sp³-hybridized carbons (Fsp3) is 0.769. The monoisotopic (exact) mass is 281 g/mol. The summed E-state index contributed by atoms with van der Waals surface area (Å²) in [4.78, 5) is 13.8. The second kappa shape index (κ2) is 5.78. The lowest BCUT2D eigenvalue weighted by molar-refractivity contribution is 0.0166. The third-order valence-corrected chi connectivity index (χ3v) is 3.19. The Kier molecular flexibility index (Phi) is 4.27. The van der Waals surface area contributed by atoms with Crippen molar-refractivity contribution in [3.05, 3.63) is 11.9 Å². The fourth-order valence-electron chi connectivity index (χ4n) is 2.25. The summed E-state index contributed by atoms with van der Waals surface area (Å²) in [5, 5.41) is 8.08. The molecule has 0 spiro atoms. The molecule has 2 rings (SSSR count). The molecule has 7 heteroatoms. The average molecular weight is 281 g/mol. The van der Waals surface area contributed by atoms with Gasteiger partial charge in [-0.2, -0.15) is 0 Å². The Labute approximate surface area is 119 Å². The zero-order chi connectivity index (χ0) is 14.8. The molecular formula is C13H23N5O2. The molecule has 0 aromatic carbocycles. The van der Waals surface area contributed by atoms with E-state index < -0.39 is 5.60 Å². The molecule has 2 N–H and O–H groups in total. The molecule has 0 radical (unpaired) electrons. The minimum Gasteiger partial charge on any atom is -0.444 e. The Morgan fingerprint density at radius 1 is 1.55 bits per heavy atom. The smallest absolute Gasteiger partial charge is 0.410 e. The first kappa shape index (κ1) is 14.8. The summed E-state index contributed by atoms with van der Waals surface area (Å²) in [5.41, 5.74) is 5.83. The van der Waals surface area contributed by atoms with Crippen molar-refractivity contribution >= 4 is 6.09 Å². The lowest BCUT2D eigenvalue weighted by Gasteiger charge is -2.33. The van der Waals surface area contributed by atoms with E-state index in [1.165, 1.54) is 0 Å². The van der Waals surface area contributed by atoms with Gasteiger partial charge in [-0.1, -0.05) is 5.21 Å².